The van der Waals surface area contributed by atoms with Crippen molar-refractivity contribution in [3.8, 4) is 0 Å². The second-order valence-electron chi connectivity index (χ2n) is 8.33. The van der Waals surface area contributed by atoms with Crippen LogP contribution in [0.25, 0.3) is 0 Å². The first-order valence-electron chi connectivity index (χ1n) is 10.8. The van der Waals surface area contributed by atoms with Crippen molar-refractivity contribution < 1.29 is 13.2 Å². The molecule has 0 aromatic heterocycles. The van der Waals surface area contributed by atoms with E-state index in [2.05, 4.69) is 6.92 Å². The molecule has 25 heavy (non-hydrogen) atoms. The van der Waals surface area contributed by atoms with E-state index in [4.69, 9.17) is 0 Å². The van der Waals surface area contributed by atoms with Crippen LogP contribution in [0.1, 0.15) is 110 Å². The number of hydrogen-bond acceptors (Lipinski definition) is 3. The molecule has 0 saturated carbocycles. The van der Waals surface area contributed by atoms with E-state index in [1.54, 1.807) is 0 Å². The SMILES string of the molecule is CCCCCCCCCCCCC(=O)C1CC2CCCC(C1)S2(=O)=O. The lowest BCUT2D eigenvalue weighted by molar-refractivity contribution is -0.123. The second-order valence-corrected chi connectivity index (χ2v) is 10.8. The molecule has 0 radical (unpaired) electrons. The van der Waals surface area contributed by atoms with Gasteiger partial charge in [-0.05, 0) is 32.1 Å². The first kappa shape index (κ1) is 20.9. The molecule has 2 fully saturated rings. The maximum atomic E-state index is 12.5. The summed E-state index contributed by atoms with van der Waals surface area (Å²) in [6, 6.07) is 0. The van der Waals surface area contributed by atoms with E-state index in [1.165, 1.54) is 51.4 Å². The lowest BCUT2D eigenvalue weighted by Crippen LogP contribution is -2.45. The Bertz CT molecular complexity index is 477. The third-order valence-corrected chi connectivity index (χ3v) is 9.02. The standard InChI is InChI=1S/C21H38O3S/c1-2-3-4-5-6-7-8-9-10-11-15-21(22)18-16-19-13-12-14-20(17-18)25(19,23)24/h18-20H,2-17H2,1H3. The van der Waals surface area contributed by atoms with Crippen LogP contribution in [0.5, 0.6) is 0 Å². The van der Waals surface area contributed by atoms with Gasteiger partial charge in [-0.15, -0.1) is 0 Å². The highest BCUT2D eigenvalue weighted by Gasteiger charge is 2.45. The fourth-order valence-electron chi connectivity index (χ4n) is 4.66. The Hall–Kier alpha value is -0.380. The predicted molar refractivity (Wildman–Crippen MR) is 105 cm³/mol. The lowest BCUT2D eigenvalue weighted by Gasteiger charge is -2.38. The Labute approximate surface area is 155 Å². The molecule has 3 nitrogen and oxygen atoms in total. The van der Waals surface area contributed by atoms with Crippen LogP contribution in [0, 0.1) is 5.92 Å². The van der Waals surface area contributed by atoms with E-state index in [0.29, 0.717) is 25.0 Å². The summed E-state index contributed by atoms with van der Waals surface area (Å²) in [6.45, 7) is 2.25. The zero-order valence-electron chi connectivity index (χ0n) is 16.2. The van der Waals surface area contributed by atoms with Crippen molar-refractivity contribution in [1.29, 1.82) is 0 Å². The number of hydrogen-bond donors (Lipinski definition) is 0. The van der Waals surface area contributed by atoms with Crippen LogP contribution in [0.15, 0.2) is 0 Å². The fourth-order valence-corrected chi connectivity index (χ4v) is 7.20. The Morgan fingerprint density at radius 3 is 1.80 bits per heavy atom. The number of sulfone groups is 1. The lowest BCUT2D eigenvalue weighted by atomic mass is 9.85. The molecule has 2 rings (SSSR count). The van der Waals surface area contributed by atoms with Gasteiger partial charge in [-0.1, -0.05) is 71.1 Å². The minimum Gasteiger partial charge on any atom is -0.299 e. The summed E-state index contributed by atoms with van der Waals surface area (Å²) in [5, 5.41) is -0.441. The quantitative estimate of drug-likeness (QED) is 0.419. The van der Waals surface area contributed by atoms with Crippen molar-refractivity contribution in [2.45, 2.75) is 120 Å². The third-order valence-electron chi connectivity index (χ3n) is 6.31. The molecule has 2 saturated heterocycles. The second kappa shape index (κ2) is 10.7. The molecule has 146 valence electrons. The number of carbonyl (C=O) groups excluding carboxylic acids is 1. The first-order valence-corrected chi connectivity index (χ1v) is 12.4. The summed E-state index contributed by atoms with van der Waals surface area (Å²) in [7, 11) is -2.93. The van der Waals surface area contributed by atoms with Crippen LogP contribution in [0.3, 0.4) is 0 Å². The van der Waals surface area contributed by atoms with Crippen LogP contribution in [0.4, 0.5) is 0 Å². The van der Waals surface area contributed by atoms with Gasteiger partial charge in [0.2, 0.25) is 0 Å². The molecule has 0 N–H and O–H groups in total. The maximum absolute atomic E-state index is 12.5. The highest BCUT2D eigenvalue weighted by Crippen LogP contribution is 2.40. The van der Waals surface area contributed by atoms with Gasteiger partial charge in [0, 0.05) is 12.3 Å². The van der Waals surface area contributed by atoms with E-state index < -0.39 is 9.84 Å². The van der Waals surface area contributed by atoms with Gasteiger partial charge >= 0.3 is 0 Å². The molecule has 0 aromatic rings. The highest BCUT2D eigenvalue weighted by molar-refractivity contribution is 7.92. The van der Waals surface area contributed by atoms with Gasteiger partial charge < -0.3 is 0 Å². The van der Waals surface area contributed by atoms with Gasteiger partial charge in [0.05, 0.1) is 10.5 Å². The monoisotopic (exact) mass is 370 g/mol. The average Bonchev–Trinajstić information content (AvgIpc) is 2.55. The molecule has 2 bridgehead atoms. The molecular weight excluding hydrogens is 332 g/mol. The van der Waals surface area contributed by atoms with E-state index >= 15 is 0 Å². The summed E-state index contributed by atoms with van der Waals surface area (Å²) in [4.78, 5) is 12.5. The Balaban J connectivity index is 1.54. The summed E-state index contributed by atoms with van der Waals surface area (Å²) < 4.78 is 24.6. The molecule has 0 aromatic carbocycles. The van der Waals surface area contributed by atoms with Gasteiger partial charge in [-0.25, -0.2) is 8.42 Å². The molecule has 2 atom stereocenters. The molecule has 0 aliphatic carbocycles. The van der Waals surface area contributed by atoms with Crippen LogP contribution in [-0.2, 0) is 14.6 Å². The van der Waals surface area contributed by atoms with Gasteiger partial charge in [0.1, 0.15) is 5.78 Å². The number of Topliss-reactive ketones (excluding diaryl/α,β-unsaturated/α-hetero) is 1. The molecule has 2 unspecified atom stereocenters. The van der Waals surface area contributed by atoms with Crippen molar-refractivity contribution in [2.24, 2.45) is 5.92 Å². The highest BCUT2D eigenvalue weighted by atomic mass is 32.2. The van der Waals surface area contributed by atoms with Crippen molar-refractivity contribution in [2.75, 3.05) is 0 Å². The van der Waals surface area contributed by atoms with Gasteiger partial charge in [-0.3, -0.25) is 4.79 Å². The average molecular weight is 371 g/mol. The smallest absolute Gasteiger partial charge is 0.156 e. The first-order chi connectivity index (χ1) is 12.1. The molecule has 2 aliphatic rings. The zero-order chi connectivity index (χ0) is 18.1. The van der Waals surface area contributed by atoms with Crippen LogP contribution in [0.2, 0.25) is 0 Å². The van der Waals surface area contributed by atoms with Crippen LogP contribution < -0.4 is 0 Å². The Morgan fingerprint density at radius 1 is 0.800 bits per heavy atom. The van der Waals surface area contributed by atoms with E-state index in [1.807, 2.05) is 0 Å². The fraction of sp³-hybridized carbons (Fsp3) is 0.952. The normalized spacial score (nSPS) is 28.0. The van der Waals surface area contributed by atoms with Crippen molar-refractivity contribution >= 4 is 15.6 Å². The van der Waals surface area contributed by atoms with Crippen molar-refractivity contribution in [1.82, 2.24) is 0 Å². The summed E-state index contributed by atoms with van der Waals surface area (Å²) in [5.41, 5.74) is 0. The molecule has 2 heterocycles. The minimum atomic E-state index is -2.93. The summed E-state index contributed by atoms with van der Waals surface area (Å²) in [6.07, 6.45) is 17.3. The molecular formula is C21H38O3S. The molecule has 0 spiro atoms. The number of fused-ring (bicyclic) bond motifs is 2. The summed E-state index contributed by atoms with van der Waals surface area (Å²) >= 11 is 0. The van der Waals surface area contributed by atoms with Gasteiger partial charge in [0.25, 0.3) is 0 Å². The summed E-state index contributed by atoms with van der Waals surface area (Å²) in [5.74, 6) is 0.365. The van der Waals surface area contributed by atoms with Gasteiger partial charge in [-0.2, -0.15) is 0 Å². The number of ketones is 1. The minimum absolute atomic E-state index is 0.0254. The number of carbonyl (C=O) groups is 1. The van der Waals surface area contributed by atoms with Gasteiger partial charge in [0.15, 0.2) is 9.84 Å². The number of rotatable bonds is 12. The zero-order valence-corrected chi connectivity index (χ0v) is 17.0. The van der Waals surface area contributed by atoms with E-state index in [-0.39, 0.29) is 16.4 Å². The van der Waals surface area contributed by atoms with Crippen LogP contribution in [-0.4, -0.2) is 24.7 Å². The topological polar surface area (TPSA) is 51.2 Å². The predicted octanol–water partition coefficient (Wildman–Crippen LogP) is 5.61. The maximum Gasteiger partial charge on any atom is 0.156 e. The third kappa shape index (κ3) is 6.37. The van der Waals surface area contributed by atoms with E-state index in [9.17, 15) is 13.2 Å². The van der Waals surface area contributed by atoms with Crippen molar-refractivity contribution in [3.63, 3.8) is 0 Å². The molecule has 0 amide bonds. The Kier molecular flexibility index (Phi) is 8.95. The molecule has 4 heteroatoms. The largest absolute Gasteiger partial charge is 0.299 e. The van der Waals surface area contributed by atoms with Crippen molar-refractivity contribution in [3.05, 3.63) is 0 Å². The molecule has 2 aliphatic heterocycles. The number of unbranched alkanes of at least 4 members (excludes halogenated alkanes) is 9. The Morgan fingerprint density at radius 2 is 1.28 bits per heavy atom. The van der Waals surface area contributed by atoms with E-state index in [0.717, 1.165) is 32.1 Å². The van der Waals surface area contributed by atoms with Crippen LogP contribution >= 0.6 is 0 Å².